The van der Waals surface area contributed by atoms with Gasteiger partial charge in [-0.15, -0.1) is 0 Å². The van der Waals surface area contributed by atoms with E-state index in [9.17, 15) is 14.0 Å². The molecule has 24 heavy (non-hydrogen) atoms. The van der Waals surface area contributed by atoms with Crippen molar-refractivity contribution in [3.63, 3.8) is 0 Å². The average molecular weight is 327 g/mol. The lowest BCUT2D eigenvalue weighted by Gasteiger charge is -2.13. The largest absolute Gasteiger partial charge is 0.326 e. The Kier molecular flexibility index (Phi) is 4.20. The number of benzene rings is 2. The van der Waals surface area contributed by atoms with Crippen LogP contribution in [0.4, 0.5) is 10.1 Å². The molecule has 3 rings (SSSR count). The summed E-state index contributed by atoms with van der Waals surface area (Å²) in [6.07, 6.45) is 0.795. The van der Waals surface area contributed by atoms with Crippen molar-refractivity contribution in [2.24, 2.45) is 0 Å². The second kappa shape index (κ2) is 6.31. The number of aromatic amines is 1. The predicted molar refractivity (Wildman–Crippen MR) is 91.7 cm³/mol. The van der Waals surface area contributed by atoms with E-state index in [1.165, 1.54) is 22.8 Å². The summed E-state index contributed by atoms with van der Waals surface area (Å²) >= 11 is 0. The normalized spacial score (nSPS) is 11.0. The van der Waals surface area contributed by atoms with Crippen LogP contribution in [0.3, 0.4) is 0 Å². The Labute approximate surface area is 138 Å². The number of nitrogens with zero attached hydrogens (tertiary/aromatic N) is 1. The summed E-state index contributed by atoms with van der Waals surface area (Å²) in [5.41, 5.74) is 3.22. The van der Waals surface area contributed by atoms with Crippen molar-refractivity contribution in [1.29, 1.82) is 0 Å². The number of H-pyrrole nitrogens is 1. The Hall–Kier alpha value is -2.89. The Morgan fingerprint density at radius 1 is 1.29 bits per heavy atom. The van der Waals surface area contributed by atoms with Gasteiger partial charge in [0.05, 0.1) is 11.0 Å². The van der Waals surface area contributed by atoms with Crippen LogP contribution in [0.1, 0.15) is 18.1 Å². The standard InChI is InChI=1S/C18H18FN3O2/c1-3-12-6-4-5-11(2)17(12)21-16(23)10-22-15-8-7-13(19)9-14(15)20-18(22)24/h4-9H,3,10H2,1-2H3,(H,20,24)(H,21,23). The van der Waals surface area contributed by atoms with Gasteiger partial charge in [0.1, 0.15) is 12.4 Å². The van der Waals surface area contributed by atoms with E-state index in [-0.39, 0.29) is 12.5 Å². The number of nitrogens with one attached hydrogen (secondary N) is 2. The molecule has 0 radical (unpaired) electrons. The lowest BCUT2D eigenvalue weighted by molar-refractivity contribution is -0.116. The van der Waals surface area contributed by atoms with Crippen molar-refractivity contribution in [3.8, 4) is 0 Å². The molecule has 0 spiro atoms. The highest BCUT2D eigenvalue weighted by Crippen LogP contribution is 2.21. The maximum Gasteiger partial charge on any atom is 0.326 e. The highest BCUT2D eigenvalue weighted by atomic mass is 19.1. The minimum Gasteiger partial charge on any atom is -0.324 e. The zero-order chi connectivity index (χ0) is 17.3. The minimum absolute atomic E-state index is 0.137. The summed E-state index contributed by atoms with van der Waals surface area (Å²) in [5.74, 6) is -0.737. The molecule has 0 saturated heterocycles. The first-order valence-electron chi connectivity index (χ1n) is 7.76. The van der Waals surface area contributed by atoms with Gasteiger partial charge in [-0.2, -0.15) is 0 Å². The van der Waals surface area contributed by atoms with Crippen LogP contribution in [0.25, 0.3) is 11.0 Å². The van der Waals surface area contributed by atoms with Crippen molar-refractivity contribution >= 4 is 22.6 Å². The van der Waals surface area contributed by atoms with E-state index in [2.05, 4.69) is 10.3 Å². The predicted octanol–water partition coefficient (Wildman–Crippen LogP) is 2.98. The van der Waals surface area contributed by atoms with Crippen LogP contribution in [0.2, 0.25) is 0 Å². The van der Waals surface area contributed by atoms with Crippen LogP contribution < -0.4 is 11.0 Å². The number of carbonyl (C=O) groups excluding carboxylic acids is 1. The molecular weight excluding hydrogens is 309 g/mol. The highest BCUT2D eigenvalue weighted by molar-refractivity contribution is 5.93. The van der Waals surface area contributed by atoms with E-state index in [0.29, 0.717) is 11.0 Å². The molecule has 124 valence electrons. The van der Waals surface area contributed by atoms with Crippen molar-refractivity contribution in [3.05, 3.63) is 63.8 Å². The molecule has 0 saturated carbocycles. The smallest absolute Gasteiger partial charge is 0.324 e. The monoisotopic (exact) mass is 327 g/mol. The number of fused-ring (bicyclic) bond motifs is 1. The first-order chi connectivity index (χ1) is 11.5. The molecule has 0 fully saturated rings. The highest BCUT2D eigenvalue weighted by Gasteiger charge is 2.13. The Morgan fingerprint density at radius 3 is 2.83 bits per heavy atom. The van der Waals surface area contributed by atoms with Crippen LogP contribution in [-0.2, 0) is 17.8 Å². The topological polar surface area (TPSA) is 66.9 Å². The summed E-state index contributed by atoms with van der Waals surface area (Å²) in [6, 6.07) is 9.82. The number of hydrogen-bond acceptors (Lipinski definition) is 2. The second-order valence-electron chi connectivity index (χ2n) is 5.69. The van der Waals surface area contributed by atoms with Crippen LogP contribution in [-0.4, -0.2) is 15.5 Å². The van der Waals surface area contributed by atoms with E-state index in [4.69, 9.17) is 0 Å². The molecule has 0 bridgehead atoms. The Balaban J connectivity index is 1.89. The first kappa shape index (κ1) is 16.0. The average Bonchev–Trinajstić information content (AvgIpc) is 2.84. The molecule has 1 heterocycles. The quantitative estimate of drug-likeness (QED) is 0.773. The van der Waals surface area contributed by atoms with Crippen LogP contribution >= 0.6 is 0 Å². The number of amides is 1. The molecular formula is C18H18FN3O2. The summed E-state index contributed by atoms with van der Waals surface area (Å²) in [6.45, 7) is 3.81. The molecule has 2 N–H and O–H groups in total. The number of rotatable bonds is 4. The molecule has 6 heteroatoms. The van der Waals surface area contributed by atoms with Crippen molar-refractivity contribution in [2.45, 2.75) is 26.8 Å². The van der Waals surface area contributed by atoms with Gasteiger partial charge in [-0.3, -0.25) is 9.36 Å². The fourth-order valence-corrected chi connectivity index (χ4v) is 2.82. The summed E-state index contributed by atoms with van der Waals surface area (Å²) in [4.78, 5) is 27.0. The van der Waals surface area contributed by atoms with Gasteiger partial charge in [0.25, 0.3) is 0 Å². The molecule has 0 atom stereocenters. The molecule has 2 aromatic carbocycles. The number of aryl methyl sites for hydroxylation is 2. The van der Waals surface area contributed by atoms with Crippen LogP contribution in [0.15, 0.2) is 41.2 Å². The molecule has 1 aromatic heterocycles. The van der Waals surface area contributed by atoms with Gasteiger partial charge in [-0.05, 0) is 42.7 Å². The van der Waals surface area contributed by atoms with Gasteiger partial charge in [0.15, 0.2) is 0 Å². The Morgan fingerprint density at radius 2 is 2.08 bits per heavy atom. The van der Waals surface area contributed by atoms with E-state index < -0.39 is 11.5 Å². The van der Waals surface area contributed by atoms with Crippen molar-refractivity contribution < 1.29 is 9.18 Å². The Bertz CT molecular complexity index is 972. The molecule has 0 aliphatic heterocycles. The molecule has 0 aliphatic rings. The third kappa shape index (κ3) is 2.95. The SMILES string of the molecule is CCc1cccc(C)c1NC(=O)Cn1c(=O)[nH]c2cc(F)ccc21. The third-order valence-electron chi connectivity index (χ3n) is 4.04. The molecule has 1 amide bonds. The number of halogens is 1. The summed E-state index contributed by atoms with van der Waals surface area (Å²) < 4.78 is 14.5. The zero-order valence-electron chi connectivity index (χ0n) is 13.5. The lowest BCUT2D eigenvalue weighted by atomic mass is 10.1. The van der Waals surface area contributed by atoms with Gasteiger partial charge in [0.2, 0.25) is 5.91 Å². The fraction of sp³-hybridized carbons (Fsp3) is 0.222. The van der Waals surface area contributed by atoms with Gasteiger partial charge in [-0.1, -0.05) is 25.1 Å². The fourth-order valence-electron chi connectivity index (χ4n) is 2.82. The molecule has 0 unspecified atom stereocenters. The molecule has 5 nitrogen and oxygen atoms in total. The van der Waals surface area contributed by atoms with E-state index in [0.717, 1.165) is 23.2 Å². The van der Waals surface area contributed by atoms with Crippen molar-refractivity contribution in [1.82, 2.24) is 9.55 Å². The maximum absolute atomic E-state index is 13.2. The van der Waals surface area contributed by atoms with E-state index in [1.807, 2.05) is 32.0 Å². The van der Waals surface area contributed by atoms with Gasteiger partial charge in [-0.25, -0.2) is 9.18 Å². The number of anilines is 1. The number of imidazole rings is 1. The lowest BCUT2D eigenvalue weighted by Crippen LogP contribution is -2.26. The maximum atomic E-state index is 13.2. The van der Waals surface area contributed by atoms with E-state index >= 15 is 0 Å². The van der Waals surface area contributed by atoms with Crippen molar-refractivity contribution in [2.75, 3.05) is 5.32 Å². The van der Waals surface area contributed by atoms with Crippen LogP contribution in [0, 0.1) is 12.7 Å². The number of hydrogen-bond donors (Lipinski definition) is 2. The third-order valence-corrected chi connectivity index (χ3v) is 4.04. The van der Waals surface area contributed by atoms with Gasteiger partial charge in [0, 0.05) is 5.69 Å². The van der Waals surface area contributed by atoms with Gasteiger partial charge >= 0.3 is 5.69 Å². The van der Waals surface area contributed by atoms with E-state index in [1.54, 1.807) is 0 Å². The molecule has 3 aromatic rings. The number of carbonyl (C=O) groups is 1. The minimum atomic E-state index is -0.439. The number of para-hydroxylation sites is 1. The zero-order valence-corrected chi connectivity index (χ0v) is 13.5. The summed E-state index contributed by atoms with van der Waals surface area (Å²) in [5, 5.41) is 2.88. The van der Waals surface area contributed by atoms with Crippen LogP contribution in [0.5, 0.6) is 0 Å². The second-order valence-corrected chi connectivity index (χ2v) is 5.69. The number of aromatic nitrogens is 2. The van der Waals surface area contributed by atoms with Gasteiger partial charge < -0.3 is 10.3 Å². The molecule has 0 aliphatic carbocycles. The summed E-state index contributed by atoms with van der Waals surface area (Å²) in [7, 11) is 0. The first-order valence-corrected chi connectivity index (χ1v) is 7.76.